The van der Waals surface area contributed by atoms with Crippen LogP contribution in [0.15, 0.2) is 47.4 Å². The Morgan fingerprint density at radius 2 is 1.57 bits per heavy atom. The Morgan fingerprint density at radius 1 is 1.05 bits per heavy atom. The summed E-state index contributed by atoms with van der Waals surface area (Å²) in [6.45, 7) is 0. The number of benzene rings is 2. The van der Waals surface area contributed by atoms with Gasteiger partial charge in [-0.15, -0.1) is 0 Å². The molecule has 21 heavy (non-hydrogen) atoms. The molecule has 0 radical (unpaired) electrons. The molecule has 2 aromatic rings. The van der Waals surface area contributed by atoms with Crippen molar-refractivity contribution in [3.63, 3.8) is 0 Å². The van der Waals surface area contributed by atoms with E-state index >= 15 is 0 Å². The Morgan fingerprint density at radius 3 is 2.10 bits per heavy atom. The van der Waals surface area contributed by atoms with E-state index in [0.29, 0.717) is 0 Å². The molecule has 0 amide bonds. The molecule has 0 heterocycles. The molecule has 2 nitrogen and oxygen atoms in total. The van der Waals surface area contributed by atoms with Crippen molar-refractivity contribution < 1.29 is 21.8 Å². The van der Waals surface area contributed by atoms with Crippen LogP contribution in [0.3, 0.4) is 0 Å². The second-order valence-electron chi connectivity index (χ2n) is 4.37. The average molecular weight is 317 g/mol. The minimum absolute atomic E-state index is 0.208. The summed E-state index contributed by atoms with van der Waals surface area (Å²) >= 11 is 0. The molecule has 0 saturated heterocycles. The van der Waals surface area contributed by atoms with E-state index in [1.54, 1.807) is 6.07 Å². The Balaban J connectivity index is 2.30. The predicted octanol–water partition coefficient (Wildman–Crippen LogP) is 3.45. The molecule has 0 aliphatic rings. The topological polar surface area (TPSA) is 43.1 Å². The minimum atomic E-state index is -3.47. The van der Waals surface area contributed by atoms with Gasteiger partial charge < -0.3 is 5.73 Å². The van der Waals surface area contributed by atoms with Crippen LogP contribution in [0.2, 0.25) is 0 Å². The number of hydrogen-bond donors (Lipinski definition) is 1. The first-order chi connectivity index (χ1) is 9.81. The monoisotopic (exact) mass is 317 g/mol. The largest absolute Gasteiger partial charge is 0.399 e. The molecule has 7 heteroatoms. The van der Waals surface area contributed by atoms with Gasteiger partial charge in [0.15, 0.2) is 0 Å². The molecule has 0 aliphatic carbocycles. The van der Waals surface area contributed by atoms with Gasteiger partial charge >= 0.3 is 0 Å². The van der Waals surface area contributed by atoms with E-state index in [9.17, 15) is 21.8 Å². The molecule has 2 N–H and O–H groups in total. The van der Waals surface area contributed by atoms with Gasteiger partial charge in [0.05, 0.1) is 16.6 Å². The summed E-state index contributed by atoms with van der Waals surface area (Å²) in [4.78, 5) is -0.889. The zero-order chi connectivity index (χ0) is 15.6. The number of nitrogens with two attached hydrogens (primary N) is 1. The van der Waals surface area contributed by atoms with Gasteiger partial charge in [0.25, 0.3) is 5.92 Å². The summed E-state index contributed by atoms with van der Waals surface area (Å²) < 4.78 is 67.0. The molecule has 0 aromatic heterocycles. The van der Waals surface area contributed by atoms with Gasteiger partial charge in [0, 0.05) is 11.3 Å². The third-order valence-corrected chi connectivity index (χ3v) is 4.23. The Labute approximate surface area is 121 Å². The molecule has 1 atom stereocenters. The lowest BCUT2D eigenvalue weighted by molar-refractivity contribution is 0.0222. The standard InChI is InChI=1S/C14H11F4NOS/c15-11-6-10(19)7-12(16)13(11)21(20)8-14(17,18)9-4-2-1-3-5-9/h1-7H,8,19H2. The van der Waals surface area contributed by atoms with E-state index < -0.39 is 39.0 Å². The summed E-state index contributed by atoms with van der Waals surface area (Å²) in [5, 5.41) is 0. The van der Waals surface area contributed by atoms with E-state index in [1.807, 2.05) is 0 Å². The number of anilines is 1. The van der Waals surface area contributed by atoms with Gasteiger partial charge in [0.1, 0.15) is 16.5 Å². The summed E-state index contributed by atoms with van der Waals surface area (Å²) in [6.07, 6.45) is 0. The predicted molar refractivity (Wildman–Crippen MR) is 72.4 cm³/mol. The van der Waals surface area contributed by atoms with Crippen molar-refractivity contribution in [2.75, 3.05) is 11.5 Å². The van der Waals surface area contributed by atoms with Crippen LogP contribution in [-0.4, -0.2) is 9.96 Å². The molecular weight excluding hydrogens is 306 g/mol. The zero-order valence-electron chi connectivity index (χ0n) is 10.7. The van der Waals surface area contributed by atoms with E-state index in [2.05, 4.69) is 0 Å². The molecule has 2 rings (SSSR count). The van der Waals surface area contributed by atoms with E-state index in [-0.39, 0.29) is 11.3 Å². The molecular formula is C14H11F4NOS. The molecule has 2 aromatic carbocycles. The number of nitrogen functional groups attached to an aromatic ring is 1. The third kappa shape index (κ3) is 3.41. The second kappa shape index (κ2) is 5.85. The maximum Gasteiger partial charge on any atom is 0.284 e. The number of halogens is 4. The Hall–Kier alpha value is -1.89. The molecule has 0 saturated carbocycles. The number of rotatable bonds is 4. The van der Waals surface area contributed by atoms with Crippen LogP contribution in [0.25, 0.3) is 0 Å². The summed E-state index contributed by atoms with van der Waals surface area (Å²) in [7, 11) is -2.54. The first-order valence-electron chi connectivity index (χ1n) is 5.87. The van der Waals surface area contributed by atoms with Crippen molar-refractivity contribution in [3.8, 4) is 0 Å². The Bertz CT molecular complexity index is 653. The van der Waals surface area contributed by atoms with Crippen molar-refractivity contribution in [1.29, 1.82) is 0 Å². The third-order valence-electron chi connectivity index (χ3n) is 2.76. The van der Waals surface area contributed by atoms with Crippen molar-refractivity contribution in [1.82, 2.24) is 0 Å². The number of hydrogen-bond acceptors (Lipinski definition) is 2. The lowest BCUT2D eigenvalue weighted by Crippen LogP contribution is -2.23. The average Bonchev–Trinajstić information content (AvgIpc) is 2.37. The van der Waals surface area contributed by atoms with Crippen LogP contribution in [0.1, 0.15) is 5.56 Å². The van der Waals surface area contributed by atoms with Crippen molar-refractivity contribution in [2.45, 2.75) is 10.8 Å². The highest BCUT2D eigenvalue weighted by Crippen LogP contribution is 2.31. The van der Waals surface area contributed by atoms with Gasteiger partial charge in [-0.25, -0.2) is 17.6 Å². The maximum absolute atomic E-state index is 14.0. The van der Waals surface area contributed by atoms with Crippen molar-refractivity contribution >= 4 is 16.5 Å². The smallest absolute Gasteiger partial charge is 0.284 e. The van der Waals surface area contributed by atoms with Crippen LogP contribution in [0, 0.1) is 11.6 Å². The fourth-order valence-corrected chi connectivity index (χ4v) is 2.99. The maximum atomic E-state index is 14.0. The van der Waals surface area contributed by atoms with Gasteiger partial charge in [-0.3, -0.25) is 4.21 Å². The van der Waals surface area contributed by atoms with Crippen LogP contribution in [0.5, 0.6) is 0 Å². The first-order valence-corrected chi connectivity index (χ1v) is 7.19. The quantitative estimate of drug-likeness (QED) is 0.693. The van der Waals surface area contributed by atoms with Crippen LogP contribution < -0.4 is 5.73 Å². The van der Waals surface area contributed by atoms with Gasteiger partial charge in [-0.2, -0.15) is 0 Å². The SMILES string of the molecule is Nc1cc(F)c(S(=O)CC(F)(F)c2ccccc2)c(F)c1. The molecule has 112 valence electrons. The van der Waals surface area contributed by atoms with Crippen LogP contribution in [-0.2, 0) is 16.7 Å². The van der Waals surface area contributed by atoms with Gasteiger partial charge in [0.2, 0.25) is 0 Å². The highest BCUT2D eigenvalue weighted by molar-refractivity contribution is 7.85. The molecule has 0 fully saturated rings. The molecule has 0 spiro atoms. The molecule has 1 unspecified atom stereocenters. The fraction of sp³-hybridized carbons (Fsp3) is 0.143. The van der Waals surface area contributed by atoms with Gasteiger partial charge in [-0.05, 0) is 12.1 Å². The fourth-order valence-electron chi connectivity index (χ4n) is 1.80. The first kappa shape index (κ1) is 15.5. The number of alkyl halides is 2. The van der Waals surface area contributed by atoms with E-state index in [4.69, 9.17) is 5.73 Å². The highest BCUT2D eigenvalue weighted by Gasteiger charge is 2.35. The summed E-state index contributed by atoms with van der Waals surface area (Å²) in [6, 6.07) is 8.16. The Kier molecular flexibility index (Phi) is 4.32. The van der Waals surface area contributed by atoms with Gasteiger partial charge in [-0.1, -0.05) is 30.3 Å². The summed E-state index contributed by atoms with van der Waals surface area (Å²) in [5.74, 6) is -7.08. The van der Waals surface area contributed by atoms with E-state index in [1.165, 1.54) is 12.1 Å². The lowest BCUT2D eigenvalue weighted by Gasteiger charge is -2.16. The highest BCUT2D eigenvalue weighted by atomic mass is 32.2. The van der Waals surface area contributed by atoms with Crippen LogP contribution in [0.4, 0.5) is 23.2 Å². The second-order valence-corrected chi connectivity index (χ2v) is 5.76. The normalized spacial score (nSPS) is 13.1. The summed E-state index contributed by atoms with van der Waals surface area (Å²) in [5.41, 5.74) is 4.65. The minimum Gasteiger partial charge on any atom is -0.399 e. The molecule has 0 aliphatic heterocycles. The van der Waals surface area contributed by atoms with Crippen molar-refractivity contribution in [3.05, 3.63) is 59.7 Å². The van der Waals surface area contributed by atoms with Crippen LogP contribution >= 0.6 is 0 Å². The van der Waals surface area contributed by atoms with E-state index in [0.717, 1.165) is 24.3 Å². The zero-order valence-corrected chi connectivity index (χ0v) is 11.5. The molecule has 0 bridgehead atoms. The lowest BCUT2D eigenvalue weighted by atomic mass is 10.1. The van der Waals surface area contributed by atoms with Crippen molar-refractivity contribution in [2.24, 2.45) is 0 Å².